The number of nitrogens with one attached hydrogen (secondary N) is 1. The van der Waals surface area contributed by atoms with E-state index in [9.17, 15) is 4.79 Å². The van der Waals surface area contributed by atoms with Gasteiger partial charge in [-0.05, 0) is 63.6 Å². The molecule has 1 aliphatic heterocycles. The zero-order valence-corrected chi connectivity index (χ0v) is 17.5. The maximum atomic E-state index is 12.3. The lowest BCUT2D eigenvalue weighted by Crippen LogP contribution is -2.38. The van der Waals surface area contributed by atoms with Crippen LogP contribution in [0.4, 0.5) is 5.82 Å². The molecule has 1 amide bonds. The highest BCUT2D eigenvalue weighted by atomic mass is 32.2. The number of anilines is 1. The van der Waals surface area contributed by atoms with Crippen LogP contribution in [0.5, 0.6) is 0 Å². The minimum Gasteiger partial charge on any atom is -0.354 e. The fourth-order valence-electron chi connectivity index (χ4n) is 3.62. The van der Waals surface area contributed by atoms with E-state index in [1.165, 1.54) is 19.3 Å². The Morgan fingerprint density at radius 2 is 2.07 bits per heavy atom. The van der Waals surface area contributed by atoms with E-state index in [1.54, 1.807) is 11.8 Å². The molecule has 2 aromatic rings. The molecule has 2 aliphatic rings. The molecule has 28 heavy (non-hydrogen) atoms. The first kappa shape index (κ1) is 19.2. The molecule has 1 aromatic heterocycles. The summed E-state index contributed by atoms with van der Waals surface area (Å²) in [6, 6.07) is 10.9. The van der Waals surface area contributed by atoms with E-state index < -0.39 is 0 Å². The van der Waals surface area contributed by atoms with Gasteiger partial charge in [-0.3, -0.25) is 4.79 Å². The molecule has 148 valence electrons. The van der Waals surface area contributed by atoms with Crippen LogP contribution in [0.15, 0.2) is 35.5 Å². The van der Waals surface area contributed by atoms with Crippen molar-refractivity contribution >= 4 is 23.5 Å². The molecule has 5 nitrogen and oxygen atoms in total. The van der Waals surface area contributed by atoms with Crippen LogP contribution in [0.2, 0.25) is 0 Å². The number of hydrogen-bond donors (Lipinski definition) is 1. The van der Waals surface area contributed by atoms with Crippen LogP contribution in [-0.4, -0.2) is 34.5 Å². The topological polar surface area (TPSA) is 58.1 Å². The maximum absolute atomic E-state index is 12.3. The fraction of sp³-hybridized carbons (Fsp3) is 0.500. The van der Waals surface area contributed by atoms with Gasteiger partial charge in [-0.2, -0.15) is 0 Å². The van der Waals surface area contributed by atoms with Gasteiger partial charge in [0.2, 0.25) is 0 Å². The monoisotopic (exact) mass is 396 g/mol. The molecule has 1 aromatic carbocycles. The standard InChI is InChI=1S/C22H28N4OS/c1-15-12-20(26-11-4-3-6-16(26)2)25-22(23-15)28-14-17-7-5-8-18(13-17)21(27)24-19-9-10-19/h5,7-8,12-13,16,19H,3-4,6,9-11,14H2,1-2H3,(H,24,27)/t16-/m0/s1. The molecule has 0 unspecified atom stereocenters. The second-order valence-electron chi connectivity index (χ2n) is 7.93. The summed E-state index contributed by atoms with van der Waals surface area (Å²) in [7, 11) is 0. The molecule has 1 N–H and O–H groups in total. The van der Waals surface area contributed by atoms with Crippen LogP contribution in [0.25, 0.3) is 0 Å². The molecule has 4 rings (SSSR count). The molecule has 1 saturated heterocycles. The van der Waals surface area contributed by atoms with Crippen LogP contribution in [0.1, 0.15) is 60.6 Å². The Hall–Kier alpha value is -2.08. The minimum atomic E-state index is 0.0301. The van der Waals surface area contributed by atoms with E-state index in [0.29, 0.717) is 12.1 Å². The van der Waals surface area contributed by atoms with Crippen molar-refractivity contribution in [2.24, 2.45) is 0 Å². The number of benzene rings is 1. The van der Waals surface area contributed by atoms with Gasteiger partial charge < -0.3 is 10.2 Å². The van der Waals surface area contributed by atoms with Crippen LogP contribution in [-0.2, 0) is 5.75 Å². The van der Waals surface area contributed by atoms with Gasteiger partial charge in [-0.1, -0.05) is 23.9 Å². The molecule has 2 heterocycles. The zero-order valence-electron chi connectivity index (χ0n) is 16.6. The van der Waals surface area contributed by atoms with Crippen molar-refractivity contribution in [3.63, 3.8) is 0 Å². The number of nitrogens with zero attached hydrogens (tertiary/aromatic N) is 3. The van der Waals surface area contributed by atoms with Crippen molar-refractivity contribution in [1.82, 2.24) is 15.3 Å². The molecule has 1 atom stereocenters. The predicted octanol–water partition coefficient (Wildman–Crippen LogP) is 4.35. The summed E-state index contributed by atoms with van der Waals surface area (Å²) in [4.78, 5) is 24.1. The van der Waals surface area contributed by atoms with Crippen molar-refractivity contribution in [3.8, 4) is 0 Å². The third kappa shape index (κ3) is 4.85. The van der Waals surface area contributed by atoms with E-state index in [0.717, 1.165) is 52.9 Å². The van der Waals surface area contributed by atoms with Crippen LogP contribution >= 0.6 is 11.8 Å². The first-order valence-corrected chi connectivity index (χ1v) is 11.2. The molecule has 0 bridgehead atoms. The average molecular weight is 397 g/mol. The minimum absolute atomic E-state index is 0.0301. The van der Waals surface area contributed by atoms with Crippen molar-refractivity contribution < 1.29 is 4.79 Å². The Labute approximate surface area is 171 Å². The van der Waals surface area contributed by atoms with Gasteiger partial charge in [0.25, 0.3) is 5.91 Å². The summed E-state index contributed by atoms with van der Waals surface area (Å²) in [6.45, 7) is 5.38. The van der Waals surface area contributed by atoms with Gasteiger partial charge in [0, 0.05) is 41.7 Å². The van der Waals surface area contributed by atoms with E-state index in [-0.39, 0.29) is 5.91 Å². The SMILES string of the molecule is Cc1cc(N2CCCC[C@@H]2C)nc(SCc2cccc(C(=O)NC3CC3)c2)n1. The van der Waals surface area contributed by atoms with Gasteiger partial charge in [0.15, 0.2) is 5.16 Å². The number of piperidine rings is 1. The maximum Gasteiger partial charge on any atom is 0.251 e. The Kier molecular flexibility index (Phi) is 5.85. The Morgan fingerprint density at radius 3 is 2.86 bits per heavy atom. The third-order valence-corrected chi connectivity index (χ3v) is 6.31. The smallest absolute Gasteiger partial charge is 0.251 e. The predicted molar refractivity (Wildman–Crippen MR) is 114 cm³/mol. The highest BCUT2D eigenvalue weighted by Crippen LogP contribution is 2.27. The molecule has 1 saturated carbocycles. The number of hydrogen-bond acceptors (Lipinski definition) is 5. The Morgan fingerprint density at radius 1 is 1.21 bits per heavy atom. The lowest BCUT2D eigenvalue weighted by molar-refractivity contribution is 0.0951. The summed E-state index contributed by atoms with van der Waals surface area (Å²) in [5.41, 5.74) is 2.85. The summed E-state index contributed by atoms with van der Waals surface area (Å²) in [5.74, 6) is 1.82. The van der Waals surface area contributed by atoms with Gasteiger partial charge >= 0.3 is 0 Å². The molecular weight excluding hydrogens is 368 g/mol. The second kappa shape index (κ2) is 8.52. The van der Waals surface area contributed by atoms with Crippen LogP contribution in [0, 0.1) is 6.92 Å². The van der Waals surface area contributed by atoms with Gasteiger partial charge in [-0.15, -0.1) is 0 Å². The van der Waals surface area contributed by atoms with Crippen molar-refractivity contribution in [3.05, 3.63) is 47.2 Å². The van der Waals surface area contributed by atoms with Crippen LogP contribution in [0.3, 0.4) is 0 Å². The van der Waals surface area contributed by atoms with Gasteiger partial charge in [0.1, 0.15) is 5.82 Å². The Balaban J connectivity index is 1.44. The highest BCUT2D eigenvalue weighted by Gasteiger charge is 2.24. The molecule has 6 heteroatoms. The first-order valence-electron chi connectivity index (χ1n) is 10.2. The summed E-state index contributed by atoms with van der Waals surface area (Å²) >= 11 is 1.63. The summed E-state index contributed by atoms with van der Waals surface area (Å²) in [6.07, 6.45) is 5.95. The zero-order chi connectivity index (χ0) is 19.5. The number of aryl methyl sites for hydroxylation is 1. The average Bonchev–Trinajstić information content (AvgIpc) is 3.50. The fourth-order valence-corrected chi connectivity index (χ4v) is 4.46. The normalized spacial score (nSPS) is 19.5. The van der Waals surface area contributed by atoms with E-state index in [4.69, 9.17) is 4.98 Å². The largest absolute Gasteiger partial charge is 0.354 e. The highest BCUT2D eigenvalue weighted by molar-refractivity contribution is 7.98. The van der Waals surface area contributed by atoms with Crippen molar-refractivity contribution in [2.75, 3.05) is 11.4 Å². The third-order valence-electron chi connectivity index (χ3n) is 5.39. The summed E-state index contributed by atoms with van der Waals surface area (Å²) in [5, 5.41) is 3.86. The number of thioether (sulfide) groups is 1. The van der Waals surface area contributed by atoms with Crippen LogP contribution < -0.4 is 10.2 Å². The lowest BCUT2D eigenvalue weighted by atomic mass is 10.0. The lowest BCUT2D eigenvalue weighted by Gasteiger charge is -2.34. The van der Waals surface area contributed by atoms with Gasteiger partial charge in [0.05, 0.1) is 0 Å². The number of amides is 1. The second-order valence-corrected chi connectivity index (χ2v) is 8.87. The van der Waals surface area contributed by atoms with E-state index in [1.807, 2.05) is 25.1 Å². The quantitative estimate of drug-likeness (QED) is 0.581. The molecule has 0 spiro atoms. The summed E-state index contributed by atoms with van der Waals surface area (Å²) < 4.78 is 0. The number of aromatic nitrogens is 2. The van der Waals surface area contributed by atoms with Crippen molar-refractivity contribution in [2.45, 2.75) is 68.9 Å². The Bertz CT molecular complexity index is 852. The number of rotatable bonds is 6. The van der Waals surface area contributed by atoms with Crippen molar-refractivity contribution in [1.29, 1.82) is 0 Å². The van der Waals surface area contributed by atoms with E-state index >= 15 is 0 Å². The molecular formula is C22H28N4OS. The number of carbonyl (C=O) groups excluding carboxylic acids is 1. The van der Waals surface area contributed by atoms with Gasteiger partial charge in [-0.25, -0.2) is 9.97 Å². The molecule has 1 aliphatic carbocycles. The molecule has 0 radical (unpaired) electrons. The first-order chi connectivity index (χ1) is 13.6. The van der Waals surface area contributed by atoms with E-state index in [2.05, 4.69) is 34.3 Å². The molecule has 2 fully saturated rings. The number of carbonyl (C=O) groups is 1.